The topological polar surface area (TPSA) is 91.2 Å². The van der Waals surface area contributed by atoms with Crippen molar-refractivity contribution in [2.24, 2.45) is 7.05 Å². The summed E-state index contributed by atoms with van der Waals surface area (Å²) in [7, 11) is -1.68. The molecule has 0 fully saturated rings. The number of hydrogen-bond donors (Lipinski definition) is 0. The number of aromatic nitrogens is 3. The molecule has 0 saturated carbocycles. The molecule has 0 amide bonds. The summed E-state index contributed by atoms with van der Waals surface area (Å²) < 4.78 is 33.1. The van der Waals surface area contributed by atoms with Crippen LogP contribution < -0.4 is 10.3 Å². The maximum atomic E-state index is 12.7. The van der Waals surface area contributed by atoms with E-state index in [1.165, 1.54) is 4.57 Å². The molecule has 4 aromatic rings. The maximum Gasteiger partial charge on any atom is 0.322 e. The van der Waals surface area contributed by atoms with Crippen molar-refractivity contribution in [3.05, 3.63) is 81.9 Å². The molecule has 0 N–H and O–H groups in total. The average Bonchev–Trinajstić information content (AvgIpc) is 2.82. The third kappa shape index (κ3) is 5.43. The minimum absolute atomic E-state index is 0.0681. The molecule has 0 aliphatic heterocycles. The molecule has 35 heavy (non-hydrogen) atoms. The van der Waals surface area contributed by atoms with Crippen molar-refractivity contribution in [3.8, 4) is 23.0 Å². The largest absolute Gasteiger partial charge is 0.424 e. The molecule has 182 valence electrons. The van der Waals surface area contributed by atoms with E-state index in [1.807, 2.05) is 57.2 Å². The predicted molar refractivity (Wildman–Crippen MR) is 139 cm³/mol. The van der Waals surface area contributed by atoms with E-state index in [1.54, 1.807) is 25.4 Å². The molecule has 2 aromatic heterocycles. The summed E-state index contributed by atoms with van der Waals surface area (Å²) in [6.07, 6.45) is 3.10. The zero-order valence-electron chi connectivity index (χ0n) is 20.4. The second-order valence-corrected chi connectivity index (χ2v) is 11.0. The Balaban J connectivity index is 1.89. The Morgan fingerprint density at radius 3 is 2.34 bits per heavy atom. The SMILES string of the molecule is CCCCS(=O)(=O)Cc1cc(-c2cn(C)c(=O)c3ccccc23)nc(Oc2c(C)cccc2C)n1. The Hall–Kier alpha value is -3.52. The van der Waals surface area contributed by atoms with Crippen LogP contribution in [0.25, 0.3) is 22.0 Å². The summed E-state index contributed by atoms with van der Waals surface area (Å²) in [5, 5.41) is 1.28. The lowest BCUT2D eigenvalue weighted by Crippen LogP contribution is -2.17. The standard InChI is InChI=1S/C27H29N3O4S/c1-5-6-14-35(32,33)17-20-15-24(23-16-30(4)26(31)22-13-8-7-12-21(22)23)29-27(28-20)34-25-18(2)10-9-11-19(25)3/h7-13,15-16H,5-6,14,17H2,1-4H3. The van der Waals surface area contributed by atoms with Crippen molar-refractivity contribution in [2.45, 2.75) is 39.4 Å². The second-order valence-electron chi connectivity index (χ2n) is 8.80. The molecular weight excluding hydrogens is 462 g/mol. The van der Waals surface area contributed by atoms with Gasteiger partial charge >= 0.3 is 6.01 Å². The van der Waals surface area contributed by atoms with Gasteiger partial charge in [0, 0.05) is 24.2 Å². The van der Waals surface area contributed by atoms with Crippen molar-refractivity contribution in [1.82, 2.24) is 14.5 Å². The van der Waals surface area contributed by atoms with Crippen molar-refractivity contribution >= 4 is 20.6 Å². The van der Waals surface area contributed by atoms with Gasteiger partial charge in [-0.05, 0) is 48.9 Å². The van der Waals surface area contributed by atoms with Crippen molar-refractivity contribution in [2.75, 3.05) is 5.75 Å². The van der Waals surface area contributed by atoms with Gasteiger partial charge in [0.1, 0.15) is 5.75 Å². The lowest BCUT2D eigenvalue weighted by atomic mass is 10.0. The molecule has 2 aromatic carbocycles. The van der Waals surface area contributed by atoms with Gasteiger partial charge in [-0.15, -0.1) is 0 Å². The lowest BCUT2D eigenvalue weighted by molar-refractivity contribution is 0.434. The van der Waals surface area contributed by atoms with Crippen LogP contribution in [0.1, 0.15) is 36.6 Å². The molecular formula is C27H29N3O4S. The van der Waals surface area contributed by atoms with Gasteiger partial charge in [-0.2, -0.15) is 9.97 Å². The van der Waals surface area contributed by atoms with E-state index in [2.05, 4.69) is 9.97 Å². The Bertz CT molecular complexity index is 1540. The first-order valence-electron chi connectivity index (χ1n) is 11.6. The van der Waals surface area contributed by atoms with E-state index >= 15 is 0 Å². The zero-order valence-corrected chi connectivity index (χ0v) is 21.2. The first-order chi connectivity index (χ1) is 16.7. The van der Waals surface area contributed by atoms with E-state index < -0.39 is 9.84 Å². The Labute approximate surface area is 205 Å². The zero-order chi connectivity index (χ0) is 25.2. The van der Waals surface area contributed by atoms with Crippen LogP contribution in [0.2, 0.25) is 0 Å². The molecule has 0 spiro atoms. The van der Waals surface area contributed by atoms with Crippen LogP contribution in [0.4, 0.5) is 0 Å². The van der Waals surface area contributed by atoms with E-state index in [9.17, 15) is 13.2 Å². The van der Waals surface area contributed by atoms with Crippen LogP contribution in [-0.2, 0) is 22.6 Å². The monoisotopic (exact) mass is 491 g/mol. The number of sulfone groups is 1. The minimum Gasteiger partial charge on any atom is -0.424 e. The van der Waals surface area contributed by atoms with Gasteiger partial charge in [0.2, 0.25) is 0 Å². The van der Waals surface area contributed by atoms with E-state index in [4.69, 9.17) is 4.74 Å². The molecule has 2 heterocycles. The fraction of sp³-hybridized carbons (Fsp3) is 0.296. The van der Waals surface area contributed by atoms with Gasteiger partial charge in [0.25, 0.3) is 5.56 Å². The summed E-state index contributed by atoms with van der Waals surface area (Å²) in [5.41, 5.74) is 3.27. The molecule has 4 rings (SSSR count). The van der Waals surface area contributed by atoms with E-state index in [-0.39, 0.29) is 23.1 Å². The number of fused-ring (bicyclic) bond motifs is 1. The van der Waals surface area contributed by atoms with Gasteiger partial charge < -0.3 is 9.30 Å². The van der Waals surface area contributed by atoms with E-state index in [0.29, 0.717) is 34.5 Å². The highest BCUT2D eigenvalue weighted by Gasteiger charge is 2.19. The molecule has 0 saturated heterocycles. The number of unbranched alkanes of at least 4 members (excludes halogenated alkanes) is 1. The minimum atomic E-state index is -3.36. The summed E-state index contributed by atoms with van der Waals surface area (Å²) in [6.45, 7) is 5.82. The van der Waals surface area contributed by atoms with Crippen LogP contribution in [0, 0.1) is 13.8 Å². The fourth-order valence-corrected chi connectivity index (χ4v) is 5.54. The molecule has 0 aliphatic rings. The van der Waals surface area contributed by atoms with Crippen molar-refractivity contribution < 1.29 is 13.2 Å². The number of benzene rings is 2. The highest BCUT2D eigenvalue weighted by Crippen LogP contribution is 2.31. The Morgan fingerprint density at radius 1 is 0.971 bits per heavy atom. The molecule has 0 unspecified atom stereocenters. The number of aryl methyl sites for hydroxylation is 3. The van der Waals surface area contributed by atoms with Crippen LogP contribution >= 0.6 is 0 Å². The van der Waals surface area contributed by atoms with Crippen LogP contribution in [0.15, 0.2) is 59.5 Å². The van der Waals surface area contributed by atoms with Crippen LogP contribution in [0.3, 0.4) is 0 Å². The first kappa shape index (κ1) is 24.6. The smallest absolute Gasteiger partial charge is 0.322 e. The third-order valence-corrected chi connectivity index (χ3v) is 7.55. The Morgan fingerprint density at radius 2 is 1.66 bits per heavy atom. The summed E-state index contributed by atoms with van der Waals surface area (Å²) >= 11 is 0. The van der Waals surface area contributed by atoms with Gasteiger partial charge in [0.15, 0.2) is 9.84 Å². The van der Waals surface area contributed by atoms with Crippen molar-refractivity contribution in [3.63, 3.8) is 0 Å². The molecule has 0 bridgehead atoms. The summed E-state index contributed by atoms with van der Waals surface area (Å²) in [6, 6.07) is 14.9. The second kappa shape index (κ2) is 10.00. The van der Waals surface area contributed by atoms with Gasteiger partial charge in [-0.25, -0.2) is 8.42 Å². The quantitative estimate of drug-likeness (QED) is 0.340. The number of nitrogens with zero attached hydrogens (tertiary/aromatic N) is 3. The fourth-order valence-electron chi connectivity index (χ4n) is 4.06. The Kier molecular flexibility index (Phi) is 7.03. The van der Waals surface area contributed by atoms with Crippen molar-refractivity contribution in [1.29, 1.82) is 0 Å². The summed E-state index contributed by atoms with van der Waals surface area (Å²) in [5.74, 6) is 0.517. The molecule has 0 aliphatic carbocycles. The summed E-state index contributed by atoms with van der Waals surface area (Å²) in [4.78, 5) is 21.8. The third-order valence-electron chi connectivity index (χ3n) is 5.90. The van der Waals surface area contributed by atoms with Gasteiger partial charge in [-0.1, -0.05) is 49.7 Å². The van der Waals surface area contributed by atoms with Crippen LogP contribution in [0.5, 0.6) is 11.8 Å². The highest BCUT2D eigenvalue weighted by atomic mass is 32.2. The number of para-hydroxylation sites is 1. The molecule has 8 heteroatoms. The highest BCUT2D eigenvalue weighted by molar-refractivity contribution is 7.90. The predicted octanol–water partition coefficient (Wildman–Crippen LogP) is 5.12. The van der Waals surface area contributed by atoms with E-state index in [0.717, 1.165) is 22.9 Å². The number of ether oxygens (including phenoxy) is 1. The van der Waals surface area contributed by atoms with Gasteiger partial charge in [0.05, 0.1) is 22.9 Å². The normalized spacial score (nSPS) is 11.7. The lowest BCUT2D eigenvalue weighted by Gasteiger charge is -2.14. The number of pyridine rings is 1. The number of hydrogen-bond acceptors (Lipinski definition) is 6. The van der Waals surface area contributed by atoms with Crippen LogP contribution in [-0.4, -0.2) is 28.7 Å². The maximum absolute atomic E-state index is 12.7. The average molecular weight is 492 g/mol. The molecule has 0 atom stereocenters. The molecule has 0 radical (unpaired) electrons. The molecule has 7 nitrogen and oxygen atoms in total. The van der Waals surface area contributed by atoms with Gasteiger partial charge in [-0.3, -0.25) is 4.79 Å². The first-order valence-corrected chi connectivity index (χ1v) is 13.4. The number of rotatable bonds is 8.